The van der Waals surface area contributed by atoms with E-state index in [1.54, 1.807) is 0 Å². The smallest absolute Gasteiger partial charge is 0.414 e. The fourth-order valence-electron chi connectivity index (χ4n) is 1.33. The number of rotatable bonds is 6. The second kappa shape index (κ2) is 6.74. The third-order valence-electron chi connectivity index (χ3n) is 2.43. The van der Waals surface area contributed by atoms with Crippen molar-refractivity contribution in [2.75, 3.05) is 13.2 Å². The monoisotopic (exact) mass is 286 g/mol. The first-order chi connectivity index (χ1) is 8.59. The van der Waals surface area contributed by atoms with Gasteiger partial charge in [-0.25, -0.2) is 0 Å². The molecule has 0 aromatic rings. The normalized spacial score (nSPS) is 13.8. The van der Waals surface area contributed by atoms with Crippen LogP contribution in [-0.2, 0) is 19.1 Å². The maximum atomic E-state index is 12.3. The highest BCUT2D eigenvalue weighted by molar-refractivity contribution is 5.99. The Morgan fingerprint density at radius 3 is 1.74 bits per heavy atom. The van der Waals surface area contributed by atoms with Crippen molar-refractivity contribution in [2.24, 2.45) is 5.41 Å². The molecule has 19 heavy (non-hydrogen) atoms. The van der Waals surface area contributed by atoms with E-state index in [1.807, 2.05) is 0 Å². The average Bonchev–Trinajstić information content (AvgIpc) is 2.28. The van der Waals surface area contributed by atoms with Gasteiger partial charge in [0.2, 0.25) is 0 Å². The van der Waals surface area contributed by atoms with Gasteiger partial charge >= 0.3 is 18.1 Å². The SMILES string of the molecule is CCOC(=O)C(C)(CC(O)C(F)(F)F)C(=O)OCC. The molecule has 0 aromatic heterocycles. The van der Waals surface area contributed by atoms with E-state index in [1.165, 1.54) is 13.8 Å². The Balaban J connectivity index is 5.17. The summed E-state index contributed by atoms with van der Waals surface area (Å²) in [5.74, 6) is -2.31. The van der Waals surface area contributed by atoms with E-state index in [-0.39, 0.29) is 13.2 Å². The Labute approximate surface area is 108 Å². The van der Waals surface area contributed by atoms with E-state index in [9.17, 15) is 22.8 Å². The van der Waals surface area contributed by atoms with Crippen molar-refractivity contribution in [3.63, 3.8) is 0 Å². The Morgan fingerprint density at radius 2 is 1.47 bits per heavy atom. The fourth-order valence-corrected chi connectivity index (χ4v) is 1.33. The second-order valence-corrected chi connectivity index (χ2v) is 4.03. The van der Waals surface area contributed by atoms with Gasteiger partial charge in [-0.15, -0.1) is 0 Å². The highest BCUT2D eigenvalue weighted by atomic mass is 19.4. The lowest BCUT2D eigenvalue weighted by molar-refractivity contribution is -0.216. The van der Waals surface area contributed by atoms with Gasteiger partial charge in [0.15, 0.2) is 11.5 Å². The largest absolute Gasteiger partial charge is 0.465 e. The highest BCUT2D eigenvalue weighted by Gasteiger charge is 2.51. The van der Waals surface area contributed by atoms with Gasteiger partial charge in [-0.05, 0) is 20.8 Å². The lowest BCUT2D eigenvalue weighted by Gasteiger charge is -2.27. The average molecular weight is 286 g/mol. The van der Waals surface area contributed by atoms with E-state index < -0.39 is 36.1 Å². The third-order valence-corrected chi connectivity index (χ3v) is 2.43. The number of alkyl halides is 3. The maximum absolute atomic E-state index is 12.3. The molecule has 1 unspecified atom stereocenters. The van der Waals surface area contributed by atoms with Crippen LogP contribution in [0, 0.1) is 5.41 Å². The van der Waals surface area contributed by atoms with Gasteiger partial charge in [-0.1, -0.05) is 0 Å². The molecule has 1 N–H and O–H groups in total. The van der Waals surface area contributed by atoms with Crippen molar-refractivity contribution in [1.29, 1.82) is 0 Å². The quantitative estimate of drug-likeness (QED) is 0.590. The number of halogens is 3. The van der Waals surface area contributed by atoms with Crippen molar-refractivity contribution in [3.8, 4) is 0 Å². The van der Waals surface area contributed by atoms with Gasteiger partial charge < -0.3 is 14.6 Å². The van der Waals surface area contributed by atoms with Crippen LogP contribution in [0.4, 0.5) is 13.2 Å². The zero-order valence-corrected chi connectivity index (χ0v) is 10.9. The molecule has 0 fully saturated rings. The Bertz CT molecular complexity index is 309. The molecule has 0 bridgehead atoms. The van der Waals surface area contributed by atoms with Crippen LogP contribution in [0.25, 0.3) is 0 Å². The summed E-state index contributed by atoms with van der Waals surface area (Å²) >= 11 is 0. The van der Waals surface area contributed by atoms with Crippen molar-refractivity contribution < 1.29 is 37.3 Å². The minimum atomic E-state index is -4.93. The summed E-state index contributed by atoms with van der Waals surface area (Å²) in [4.78, 5) is 23.3. The van der Waals surface area contributed by atoms with Gasteiger partial charge in [0.05, 0.1) is 13.2 Å². The summed E-state index contributed by atoms with van der Waals surface area (Å²) in [6.45, 7) is 3.65. The first kappa shape index (κ1) is 17.7. The fraction of sp³-hybridized carbons (Fsp3) is 0.818. The van der Waals surface area contributed by atoms with Crippen LogP contribution in [0.5, 0.6) is 0 Å². The number of carbonyl (C=O) groups is 2. The lowest BCUT2D eigenvalue weighted by atomic mass is 9.84. The number of aliphatic hydroxyl groups excluding tert-OH is 1. The molecule has 8 heteroatoms. The molecule has 0 heterocycles. The topological polar surface area (TPSA) is 72.8 Å². The summed E-state index contributed by atoms with van der Waals surface area (Å²) in [5.41, 5.74) is -2.19. The number of carbonyl (C=O) groups excluding carboxylic acids is 2. The van der Waals surface area contributed by atoms with Crippen LogP contribution in [0.2, 0.25) is 0 Å². The molecular weight excluding hydrogens is 269 g/mol. The minimum absolute atomic E-state index is 0.101. The molecule has 0 amide bonds. The van der Waals surface area contributed by atoms with Gasteiger partial charge in [0.1, 0.15) is 0 Å². The van der Waals surface area contributed by atoms with Gasteiger partial charge in [0, 0.05) is 6.42 Å². The van der Waals surface area contributed by atoms with Gasteiger partial charge in [0.25, 0.3) is 0 Å². The molecule has 0 spiro atoms. The number of hydrogen-bond donors (Lipinski definition) is 1. The second-order valence-electron chi connectivity index (χ2n) is 4.03. The molecule has 5 nitrogen and oxygen atoms in total. The summed E-state index contributed by atoms with van der Waals surface area (Å²) in [7, 11) is 0. The Kier molecular flexibility index (Phi) is 6.28. The van der Waals surface area contributed by atoms with Crippen LogP contribution in [-0.4, -0.2) is 42.5 Å². The van der Waals surface area contributed by atoms with E-state index in [2.05, 4.69) is 9.47 Å². The van der Waals surface area contributed by atoms with Crippen LogP contribution < -0.4 is 0 Å². The molecule has 112 valence electrons. The van der Waals surface area contributed by atoms with Gasteiger partial charge in [-0.3, -0.25) is 9.59 Å². The van der Waals surface area contributed by atoms with E-state index in [4.69, 9.17) is 5.11 Å². The van der Waals surface area contributed by atoms with Crippen LogP contribution in [0.15, 0.2) is 0 Å². The predicted molar refractivity (Wildman–Crippen MR) is 58.1 cm³/mol. The first-order valence-electron chi connectivity index (χ1n) is 5.68. The van der Waals surface area contributed by atoms with Crippen molar-refractivity contribution in [2.45, 2.75) is 39.5 Å². The summed E-state index contributed by atoms with van der Waals surface area (Å²) in [5, 5.41) is 9.01. The summed E-state index contributed by atoms with van der Waals surface area (Å²) < 4.78 is 46.1. The standard InChI is InChI=1S/C11H17F3O5/c1-4-18-8(16)10(3,9(17)19-5-2)6-7(15)11(12,13)14/h7,15H,4-6H2,1-3H3. The molecule has 0 aliphatic rings. The number of ether oxygens (including phenoxy) is 2. The molecule has 0 saturated carbocycles. The molecule has 0 rings (SSSR count). The third kappa shape index (κ3) is 4.70. The molecule has 1 atom stereocenters. The van der Waals surface area contributed by atoms with Crippen LogP contribution in [0.1, 0.15) is 27.2 Å². The first-order valence-corrected chi connectivity index (χ1v) is 5.68. The van der Waals surface area contributed by atoms with Crippen molar-refractivity contribution >= 4 is 11.9 Å². The zero-order chi connectivity index (χ0) is 15.3. The van der Waals surface area contributed by atoms with Crippen molar-refractivity contribution in [3.05, 3.63) is 0 Å². The Morgan fingerprint density at radius 1 is 1.11 bits per heavy atom. The van der Waals surface area contributed by atoms with E-state index in [0.29, 0.717) is 0 Å². The van der Waals surface area contributed by atoms with Crippen LogP contribution in [0.3, 0.4) is 0 Å². The maximum Gasteiger partial charge on any atom is 0.414 e. The molecular formula is C11H17F3O5. The predicted octanol–water partition coefficient (Wildman–Crippen LogP) is 1.43. The molecule has 0 aliphatic heterocycles. The molecule has 0 aromatic carbocycles. The summed E-state index contributed by atoms with van der Waals surface area (Å²) in [6, 6.07) is 0. The number of esters is 2. The van der Waals surface area contributed by atoms with E-state index in [0.717, 1.165) is 6.92 Å². The lowest BCUT2D eigenvalue weighted by Crippen LogP contribution is -2.45. The molecule has 0 aliphatic carbocycles. The van der Waals surface area contributed by atoms with Crippen LogP contribution >= 0.6 is 0 Å². The Hall–Kier alpha value is -1.31. The minimum Gasteiger partial charge on any atom is -0.465 e. The molecule has 0 saturated heterocycles. The van der Waals surface area contributed by atoms with Crippen molar-refractivity contribution in [1.82, 2.24) is 0 Å². The summed E-state index contributed by atoms with van der Waals surface area (Å²) in [6.07, 6.45) is -8.89. The van der Waals surface area contributed by atoms with Gasteiger partial charge in [-0.2, -0.15) is 13.2 Å². The highest BCUT2D eigenvalue weighted by Crippen LogP contribution is 2.33. The number of hydrogen-bond acceptors (Lipinski definition) is 5. The zero-order valence-electron chi connectivity index (χ0n) is 10.9. The number of aliphatic hydroxyl groups is 1. The molecule has 0 radical (unpaired) electrons. The van der Waals surface area contributed by atoms with E-state index >= 15 is 0 Å².